The molecule has 178 valence electrons. The Morgan fingerprint density at radius 3 is 2.62 bits per heavy atom. The van der Waals surface area contributed by atoms with Crippen molar-refractivity contribution in [2.45, 2.75) is 12.8 Å². The zero-order valence-electron chi connectivity index (χ0n) is 17.4. The summed E-state index contributed by atoms with van der Waals surface area (Å²) in [5.74, 6) is -0.939. The van der Waals surface area contributed by atoms with Crippen molar-refractivity contribution in [3.8, 4) is 17.0 Å². The smallest absolute Gasteiger partial charge is 0.404 e. The minimum Gasteiger partial charge on any atom is -0.404 e. The molecule has 0 fully saturated rings. The summed E-state index contributed by atoms with van der Waals surface area (Å²) in [5.41, 5.74) is -0.119. The molecule has 3 aromatic heterocycles. The van der Waals surface area contributed by atoms with Gasteiger partial charge >= 0.3 is 17.7 Å². The van der Waals surface area contributed by atoms with Gasteiger partial charge < -0.3 is 10.1 Å². The molecule has 34 heavy (non-hydrogen) atoms. The molecule has 1 aromatic carbocycles. The number of imidazole rings is 1. The average Bonchev–Trinajstić information content (AvgIpc) is 3.38. The van der Waals surface area contributed by atoms with Gasteiger partial charge in [-0.3, -0.25) is 9.36 Å². The fourth-order valence-electron chi connectivity index (χ4n) is 3.15. The highest BCUT2D eigenvalue weighted by molar-refractivity contribution is 7.14. The Balaban J connectivity index is 1.51. The van der Waals surface area contributed by atoms with Crippen LogP contribution in [0.2, 0.25) is 5.02 Å². The van der Waals surface area contributed by atoms with Gasteiger partial charge in [0.05, 0.1) is 29.0 Å². The molecule has 15 heteroatoms. The lowest BCUT2D eigenvalue weighted by Gasteiger charge is -2.10. The SMILES string of the molecule is Cn1c(=O)n(C)c2ncc(CC(=O)Nc3nc(-c4ccc(OC(F)(F)F)c(Cl)c4)cs3)n2c1=O. The van der Waals surface area contributed by atoms with Gasteiger partial charge in [0.1, 0.15) is 5.75 Å². The van der Waals surface area contributed by atoms with E-state index in [2.05, 4.69) is 20.0 Å². The van der Waals surface area contributed by atoms with Crippen molar-refractivity contribution in [1.29, 1.82) is 0 Å². The van der Waals surface area contributed by atoms with Gasteiger partial charge in [-0.05, 0) is 18.2 Å². The van der Waals surface area contributed by atoms with E-state index in [-0.39, 0.29) is 28.0 Å². The Morgan fingerprint density at radius 1 is 1.21 bits per heavy atom. The summed E-state index contributed by atoms with van der Waals surface area (Å²) in [7, 11) is 2.78. The van der Waals surface area contributed by atoms with Crippen LogP contribution in [0.3, 0.4) is 0 Å². The van der Waals surface area contributed by atoms with E-state index in [4.69, 9.17) is 11.6 Å². The highest BCUT2D eigenvalue weighted by atomic mass is 35.5. The Kier molecular flexibility index (Phi) is 5.95. The van der Waals surface area contributed by atoms with Crippen molar-refractivity contribution in [3.05, 3.63) is 61.5 Å². The number of carbonyl (C=O) groups excluding carboxylic acids is 1. The number of aryl methyl sites for hydroxylation is 1. The first-order chi connectivity index (χ1) is 15.9. The Bertz CT molecular complexity index is 1540. The van der Waals surface area contributed by atoms with Gasteiger partial charge in [-0.25, -0.2) is 28.5 Å². The first-order valence-electron chi connectivity index (χ1n) is 9.38. The van der Waals surface area contributed by atoms with E-state index in [1.54, 1.807) is 5.38 Å². The molecule has 1 N–H and O–H groups in total. The van der Waals surface area contributed by atoms with Gasteiger partial charge in [-0.15, -0.1) is 24.5 Å². The van der Waals surface area contributed by atoms with Crippen LogP contribution in [0.5, 0.6) is 5.75 Å². The second kappa shape index (κ2) is 8.61. The van der Waals surface area contributed by atoms with Gasteiger partial charge in [0, 0.05) is 25.0 Å². The van der Waals surface area contributed by atoms with Crippen molar-refractivity contribution in [3.63, 3.8) is 0 Å². The number of rotatable bonds is 5. The number of alkyl halides is 3. The number of ether oxygens (including phenoxy) is 1. The predicted octanol–water partition coefficient (Wildman–Crippen LogP) is 2.59. The van der Waals surface area contributed by atoms with Crippen molar-refractivity contribution < 1.29 is 22.7 Å². The summed E-state index contributed by atoms with van der Waals surface area (Å²) in [6.07, 6.45) is -3.77. The summed E-state index contributed by atoms with van der Waals surface area (Å²) < 4.78 is 44.3. The monoisotopic (exact) mass is 514 g/mol. The topological polar surface area (TPSA) is 113 Å². The number of hydrogen-bond acceptors (Lipinski definition) is 7. The van der Waals surface area contributed by atoms with E-state index in [9.17, 15) is 27.6 Å². The maximum Gasteiger partial charge on any atom is 0.573 e. The van der Waals surface area contributed by atoms with Crippen LogP contribution >= 0.6 is 22.9 Å². The number of nitrogens with zero attached hydrogens (tertiary/aromatic N) is 5. The molecule has 0 saturated heterocycles. The lowest BCUT2D eigenvalue weighted by atomic mass is 10.2. The van der Waals surface area contributed by atoms with Gasteiger partial charge in [0.2, 0.25) is 11.7 Å². The highest BCUT2D eigenvalue weighted by Crippen LogP contribution is 2.34. The molecule has 0 aliphatic carbocycles. The van der Waals surface area contributed by atoms with Gasteiger partial charge in [-0.2, -0.15) is 0 Å². The zero-order chi connectivity index (χ0) is 24.8. The fourth-order valence-corrected chi connectivity index (χ4v) is 4.10. The van der Waals surface area contributed by atoms with Crippen molar-refractivity contribution >= 4 is 39.8 Å². The Hall–Kier alpha value is -3.65. The molecular weight excluding hydrogens is 501 g/mol. The van der Waals surface area contributed by atoms with Gasteiger partial charge in [0.15, 0.2) is 5.13 Å². The number of halogens is 4. The number of carbonyl (C=O) groups is 1. The summed E-state index contributed by atoms with van der Waals surface area (Å²) in [5, 5.41) is 4.15. The molecule has 0 bridgehead atoms. The molecule has 10 nitrogen and oxygen atoms in total. The number of nitrogens with one attached hydrogen (secondary N) is 1. The minimum atomic E-state index is -4.87. The van der Waals surface area contributed by atoms with Crippen LogP contribution in [-0.4, -0.2) is 35.8 Å². The average molecular weight is 515 g/mol. The second-order valence-electron chi connectivity index (χ2n) is 7.02. The van der Waals surface area contributed by atoms with Crippen molar-refractivity contribution in [1.82, 2.24) is 23.5 Å². The first-order valence-corrected chi connectivity index (χ1v) is 10.6. The van der Waals surface area contributed by atoms with Crippen LogP contribution in [0, 0.1) is 0 Å². The molecule has 0 aliphatic heterocycles. The number of benzene rings is 1. The maximum absolute atomic E-state index is 12.5. The van der Waals surface area contributed by atoms with Crippen LogP contribution in [0.15, 0.2) is 39.4 Å². The standard InChI is InChI=1S/C19H14ClF3N6O4S/c1-27-16-24-7-10(29(16)18(32)28(2)17(27)31)6-14(30)26-15-25-12(8-34-15)9-3-4-13(11(20)5-9)33-19(21,22)23/h3-5,7-8H,6H2,1-2H3,(H,25,26,30). The number of amides is 1. The Morgan fingerprint density at radius 2 is 1.94 bits per heavy atom. The number of fused-ring (bicyclic) bond motifs is 1. The third-order valence-electron chi connectivity index (χ3n) is 4.71. The quantitative estimate of drug-likeness (QED) is 0.438. The number of anilines is 1. The highest BCUT2D eigenvalue weighted by Gasteiger charge is 2.32. The molecule has 3 heterocycles. The second-order valence-corrected chi connectivity index (χ2v) is 8.29. The molecule has 0 aliphatic rings. The molecule has 0 radical (unpaired) electrons. The number of aromatic nitrogens is 5. The van der Waals surface area contributed by atoms with Gasteiger partial charge in [-0.1, -0.05) is 11.6 Å². The minimum absolute atomic E-state index is 0.0993. The molecule has 4 rings (SSSR count). The first kappa shape index (κ1) is 23.5. The van der Waals surface area contributed by atoms with Crippen LogP contribution in [0.4, 0.5) is 18.3 Å². The van der Waals surface area contributed by atoms with Crippen LogP contribution in [0.25, 0.3) is 17.0 Å². The summed E-state index contributed by atoms with van der Waals surface area (Å²) in [6.45, 7) is 0. The summed E-state index contributed by atoms with van der Waals surface area (Å²) in [4.78, 5) is 45.3. The van der Waals surface area contributed by atoms with Crippen LogP contribution in [0.1, 0.15) is 5.69 Å². The molecule has 0 atom stereocenters. The Labute approximate surface area is 196 Å². The zero-order valence-corrected chi connectivity index (χ0v) is 19.0. The molecule has 0 spiro atoms. The third kappa shape index (κ3) is 4.54. The molecule has 1 amide bonds. The van der Waals surface area contributed by atoms with E-state index in [0.29, 0.717) is 11.3 Å². The van der Waals surface area contributed by atoms with Crippen molar-refractivity contribution in [2.24, 2.45) is 14.1 Å². The van der Waals surface area contributed by atoms with Crippen LogP contribution in [-0.2, 0) is 25.3 Å². The molecule has 0 saturated carbocycles. The normalized spacial score (nSPS) is 11.7. The summed E-state index contributed by atoms with van der Waals surface area (Å²) in [6, 6.07) is 3.69. The maximum atomic E-state index is 12.5. The van der Waals surface area contributed by atoms with Gasteiger partial charge in [0.25, 0.3) is 0 Å². The molecule has 4 aromatic rings. The van der Waals surface area contributed by atoms with E-state index in [1.165, 1.54) is 41.4 Å². The molecular formula is C19H14ClF3N6O4S. The lowest BCUT2D eigenvalue weighted by Crippen LogP contribution is -2.41. The molecule has 0 unspecified atom stereocenters. The van der Waals surface area contributed by atoms with E-state index in [0.717, 1.165) is 22.0 Å². The van der Waals surface area contributed by atoms with E-state index >= 15 is 0 Å². The predicted molar refractivity (Wildman–Crippen MR) is 117 cm³/mol. The third-order valence-corrected chi connectivity index (χ3v) is 5.77. The lowest BCUT2D eigenvalue weighted by molar-refractivity contribution is -0.274. The number of hydrogen-bond donors (Lipinski definition) is 1. The van der Waals surface area contributed by atoms with E-state index in [1.807, 2.05) is 0 Å². The fraction of sp³-hybridized carbons (Fsp3) is 0.211. The van der Waals surface area contributed by atoms with E-state index < -0.39 is 29.4 Å². The number of thiazole rings is 1. The summed E-state index contributed by atoms with van der Waals surface area (Å²) >= 11 is 6.96. The largest absolute Gasteiger partial charge is 0.573 e. The van der Waals surface area contributed by atoms with Crippen molar-refractivity contribution in [2.75, 3.05) is 5.32 Å². The van der Waals surface area contributed by atoms with Crippen LogP contribution < -0.4 is 21.4 Å².